The number of hydrogen-bond acceptors (Lipinski definition) is 7. The van der Waals surface area contributed by atoms with Gasteiger partial charge >= 0.3 is 0 Å². The first-order valence-electron chi connectivity index (χ1n) is 10.3. The number of rotatable bonds is 10. The zero-order chi connectivity index (χ0) is 23.0. The van der Waals surface area contributed by atoms with E-state index >= 15 is 0 Å². The Morgan fingerprint density at radius 2 is 1.69 bits per heavy atom. The third-order valence-corrected chi connectivity index (χ3v) is 7.12. The maximum Gasteiger partial charge on any atom is 0.257 e. The second kappa shape index (κ2) is 11.1. The minimum atomic E-state index is -3.59. The molecule has 0 fully saturated rings. The quantitative estimate of drug-likeness (QED) is 0.443. The van der Waals surface area contributed by atoms with Crippen LogP contribution in [0.3, 0.4) is 0 Å². The van der Waals surface area contributed by atoms with Crippen molar-refractivity contribution in [1.82, 2.24) is 14.5 Å². The van der Waals surface area contributed by atoms with E-state index in [1.165, 1.54) is 28.6 Å². The molecule has 0 radical (unpaired) electrons. The second-order valence-electron chi connectivity index (χ2n) is 6.94. The first kappa shape index (κ1) is 23.7. The van der Waals surface area contributed by atoms with Crippen LogP contribution in [0, 0.1) is 0 Å². The van der Waals surface area contributed by atoms with E-state index in [1.54, 1.807) is 6.21 Å². The largest absolute Gasteiger partial charge is 0.296 e. The Kier molecular flexibility index (Phi) is 8.20. The van der Waals surface area contributed by atoms with Gasteiger partial charge in [0.2, 0.25) is 20.3 Å². The molecular weight excluding hydrogens is 446 g/mol. The van der Waals surface area contributed by atoms with Crippen LogP contribution in [0.5, 0.6) is 0 Å². The number of hydrogen-bond donors (Lipinski definition) is 1. The number of anilines is 1. The lowest BCUT2D eigenvalue weighted by Crippen LogP contribution is -2.32. The van der Waals surface area contributed by atoms with Gasteiger partial charge in [-0.25, -0.2) is 13.4 Å². The fourth-order valence-corrected chi connectivity index (χ4v) is 5.14. The van der Waals surface area contributed by atoms with Crippen molar-refractivity contribution in [2.24, 2.45) is 4.99 Å². The van der Waals surface area contributed by atoms with Crippen LogP contribution in [0.4, 0.5) is 10.3 Å². The van der Waals surface area contributed by atoms with Gasteiger partial charge in [-0.05, 0) is 42.7 Å². The van der Waals surface area contributed by atoms with Crippen LogP contribution in [0.1, 0.15) is 42.6 Å². The van der Waals surface area contributed by atoms with Gasteiger partial charge in [0.05, 0.1) is 4.90 Å². The van der Waals surface area contributed by atoms with E-state index in [2.05, 4.69) is 20.5 Å². The van der Waals surface area contributed by atoms with Crippen LogP contribution in [0.25, 0.3) is 0 Å². The smallest absolute Gasteiger partial charge is 0.257 e. The summed E-state index contributed by atoms with van der Waals surface area (Å²) < 4.78 is 27.2. The Hall–Kier alpha value is -2.95. The third-order valence-electron chi connectivity index (χ3n) is 4.46. The molecule has 0 spiro atoms. The van der Waals surface area contributed by atoms with E-state index < -0.39 is 15.9 Å². The minimum absolute atomic E-state index is 0.171. The monoisotopic (exact) mass is 471 g/mol. The van der Waals surface area contributed by atoms with Gasteiger partial charge in [-0.1, -0.05) is 55.5 Å². The number of nitrogens with zero attached hydrogens (tertiary/aromatic N) is 4. The number of aliphatic imine (C=N–C) groups is 1. The molecule has 3 aromatic rings. The lowest BCUT2D eigenvalue weighted by molar-refractivity contribution is 0.102. The summed E-state index contributed by atoms with van der Waals surface area (Å²) in [6, 6.07) is 15.5. The van der Waals surface area contributed by atoms with Crippen LogP contribution in [-0.4, -0.2) is 48.1 Å². The Bertz CT molecular complexity index is 1150. The molecule has 3 rings (SSSR count). The summed E-state index contributed by atoms with van der Waals surface area (Å²) in [5.74, 6) is -0.400. The third kappa shape index (κ3) is 6.06. The molecule has 8 nitrogen and oxygen atoms in total. The lowest BCUT2D eigenvalue weighted by Gasteiger charge is -2.21. The zero-order valence-electron chi connectivity index (χ0n) is 17.9. The van der Waals surface area contributed by atoms with Gasteiger partial charge in [0.1, 0.15) is 0 Å². The molecule has 1 amide bonds. The molecule has 168 valence electrons. The fraction of sp³-hybridized carbons (Fsp3) is 0.273. The molecule has 0 unspecified atom stereocenters. The Labute approximate surface area is 192 Å². The van der Waals surface area contributed by atoms with E-state index in [-0.39, 0.29) is 4.90 Å². The van der Waals surface area contributed by atoms with Gasteiger partial charge in [-0.2, -0.15) is 4.31 Å². The van der Waals surface area contributed by atoms with Crippen LogP contribution < -0.4 is 5.32 Å². The normalized spacial score (nSPS) is 11.8. The Balaban J connectivity index is 1.66. The van der Waals surface area contributed by atoms with E-state index in [4.69, 9.17) is 0 Å². The summed E-state index contributed by atoms with van der Waals surface area (Å²) in [6.45, 7) is 4.81. The highest BCUT2D eigenvalue weighted by atomic mass is 32.2. The minimum Gasteiger partial charge on any atom is -0.296 e. The SMILES string of the molecule is CCCN(CCC)S(=O)(=O)c1ccc(C(=O)Nc2nnc(/N=C/c3ccccc3)s2)cc1. The predicted molar refractivity (Wildman–Crippen MR) is 127 cm³/mol. The number of carbonyl (C=O) groups excluding carboxylic acids is 1. The van der Waals surface area contributed by atoms with Crippen molar-refractivity contribution in [3.8, 4) is 0 Å². The number of nitrogens with one attached hydrogen (secondary N) is 1. The average molecular weight is 472 g/mol. The highest BCUT2D eigenvalue weighted by molar-refractivity contribution is 7.89. The molecule has 0 aliphatic carbocycles. The average Bonchev–Trinajstić information content (AvgIpc) is 3.25. The van der Waals surface area contributed by atoms with Gasteiger partial charge in [0, 0.05) is 24.9 Å². The van der Waals surface area contributed by atoms with Crippen molar-refractivity contribution in [2.45, 2.75) is 31.6 Å². The number of sulfonamides is 1. The fourth-order valence-electron chi connectivity index (χ4n) is 2.93. The van der Waals surface area contributed by atoms with E-state index in [0.717, 1.165) is 29.7 Å². The van der Waals surface area contributed by atoms with Crippen LogP contribution in [0.2, 0.25) is 0 Å². The predicted octanol–water partition coefficient (Wildman–Crippen LogP) is 4.35. The van der Waals surface area contributed by atoms with Gasteiger partial charge in [-0.15, -0.1) is 10.2 Å². The molecular formula is C22H25N5O3S2. The summed E-state index contributed by atoms with van der Waals surface area (Å²) in [7, 11) is -3.59. The van der Waals surface area contributed by atoms with Crippen molar-refractivity contribution in [3.05, 3.63) is 65.7 Å². The molecule has 1 N–H and O–H groups in total. The highest BCUT2D eigenvalue weighted by Gasteiger charge is 2.23. The summed E-state index contributed by atoms with van der Waals surface area (Å²) in [4.78, 5) is 17.0. The summed E-state index contributed by atoms with van der Waals surface area (Å²) in [5.41, 5.74) is 1.26. The van der Waals surface area contributed by atoms with Crippen LogP contribution >= 0.6 is 11.3 Å². The van der Waals surface area contributed by atoms with Gasteiger partial charge in [0.15, 0.2) is 0 Å². The van der Waals surface area contributed by atoms with Crippen molar-refractivity contribution >= 4 is 43.7 Å². The number of amides is 1. The summed E-state index contributed by atoms with van der Waals surface area (Å²) in [6.07, 6.45) is 3.14. The van der Waals surface area contributed by atoms with Crippen molar-refractivity contribution in [2.75, 3.05) is 18.4 Å². The summed E-state index contributed by atoms with van der Waals surface area (Å²) in [5, 5.41) is 11.3. The standard InChI is InChI=1S/C22H25N5O3S2/c1-3-14-27(15-4-2)32(29,30)19-12-10-18(11-13-19)20(28)24-22-26-25-21(31-22)23-16-17-8-6-5-7-9-17/h5-13,16H,3-4,14-15H2,1-2H3,(H,24,26,28)/b23-16+. The molecule has 10 heteroatoms. The van der Waals surface area contributed by atoms with Crippen molar-refractivity contribution < 1.29 is 13.2 Å². The molecule has 1 aromatic heterocycles. The van der Waals surface area contributed by atoms with Crippen LogP contribution in [-0.2, 0) is 10.0 Å². The number of carbonyl (C=O) groups is 1. The van der Waals surface area contributed by atoms with E-state index in [0.29, 0.717) is 28.9 Å². The van der Waals surface area contributed by atoms with Gasteiger partial charge < -0.3 is 0 Å². The van der Waals surface area contributed by atoms with Crippen molar-refractivity contribution in [1.29, 1.82) is 0 Å². The Morgan fingerprint density at radius 1 is 1.03 bits per heavy atom. The van der Waals surface area contributed by atoms with Crippen molar-refractivity contribution in [3.63, 3.8) is 0 Å². The number of benzene rings is 2. The topological polar surface area (TPSA) is 105 Å². The molecule has 0 aliphatic rings. The van der Waals surface area contributed by atoms with E-state index in [9.17, 15) is 13.2 Å². The second-order valence-corrected chi connectivity index (χ2v) is 9.84. The maximum absolute atomic E-state index is 12.8. The van der Waals surface area contributed by atoms with Gasteiger partial charge in [-0.3, -0.25) is 10.1 Å². The molecule has 32 heavy (non-hydrogen) atoms. The van der Waals surface area contributed by atoms with Gasteiger partial charge in [0.25, 0.3) is 5.91 Å². The molecule has 1 heterocycles. The van der Waals surface area contributed by atoms with Crippen LogP contribution in [0.15, 0.2) is 64.5 Å². The molecule has 0 bridgehead atoms. The molecule has 0 saturated heterocycles. The zero-order valence-corrected chi connectivity index (χ0v) is 19.6. The molecule has 0 atom stereocenters. The summed E-state index contributed by atoms with van der Waals surface area (Å²) >= 11 is 1.14. The molecule has 0 saturated carbocycles. The van der Waals surface area contributed by atoms with E-state index in [1.807, 2.05) is 44.2 Å². The molecule has 2 aromatic carbocycles. The first-order chi connectivity index (χ1) is 15.4. The Morgan fingerprint density at radius 3 is 2.31 bits per heavy atom. The number of aromatic nitrogens is 2. The maximum atomic E-state index is 12.8. The first-order valence-corrected chi connectivity index (χ1v) is 12.5. The lowest BCUT2D eigenvalue weighted by atomic mass is 10.2. The highest BCUT2D eigenvalue weighted by Crippen LogP contribution is 2.24. The molecule has 0 aliphatic heterocycles.